The Labute approximate surface area is 112 Å². The number of nitrogens with one attached hydrogen (secondary N) is 1. The van der Waals surface area contributed by atoms with Gasteiger partial charge in [-0.1, -0.05) is 13.8 Å². The summed E-state index contributed by atoms with van der Waals surface area (Å²) in [4.78, 5) is 19.6. The Morgan fingerprint density at radius 3 is 2.78 bits per heavy atom. The molecule has 0 fully saturated rings. The molecule has 1 rings (SSSR count). The molecule has 1 unspecified atom stereocenters. The van der Waals surface area contributed by atoms with Crippen molar-refractivity contribution in [2.24, 2.45) is 5.92 Å². The minimum atomic E-state index is -0.431. The van der Waals surface area contributed by atoms with Crippen molar-refractivity contribution in [2.75, 3.05) is 12.4 Å². The highest BCUT2D eigenvalue weighted by Gasteiger charge is 2.21. The van der Waals surface area contributed by atoms with Crippen LogP contribution in [0.25, 0.3) is 0 Å². The molecule has 0 saturated heterocycles. The molecule has 0 aromatic carbocycles. The topological polar surface area (TPSA) is 64.1 Å². The highest BCUT2D eigenvalue weighted by Crippen LogP contribution is 2.17. The van der Waals surface area contributed by atoms with Gasteiger partial charge in [-0.15, -0.1) is 0 Å². The van der Waals surface area contributed by atoms with Crippen molar-refractivity contribution in [3.8, 4) is 0 Å². The molecule has 0 saturated carbocycles. The van der Waals surface area contributed by atoms with E-state index < -0.39 is 6.04 Å². The van der Waals surface area contributed by atoms with Gasteiger partial charge in [0.1, 0.15) is 11.9 Å². The van der Waals surface area contributed by atoms with Gasteiger partial charge in [0, 0.05) is 11.8 Å². The fourth-order valence-corrected chi connectivity index (χ4v) is 1.69. The van der Waals surface area contributed by atoms with Crippen LogP contribution >= 0.6 is 11.6 Å². The van der Waals surface area contributed by atoms with Gasteiger partial charge in [-0.25, -0.2) is 14.8 Å². The molecule has 1 atom stereocenters. The summed E-state index contributed by atoms with van der Waals surface area (Å²) >= 11 is 5.74. The molecule has 0 aliphatic carbocycles. The lowest BCUT2D eigenvalue weighted by Crippen LogP contribution is -2.32. The fraction of sp³-hybridized carbons (Fsp3) is 0.583. The molecule has 0 spiro atoms. The number of esters is 1. The monoisotopic (exact) mass is 271 g/mol. The zero-order valence-electron chi connectivity index (χ0n) is 11.0. The lowest BCUT2D eigenvalue weighted by atomic mass is 10.0. The Morgan fingerprint density at radius 1 is 1.56 bits per heavy atom. The van der Waals surface area contributed by atoms with Crippen molar-refractivity contribution in [2.45, 2.75) is 33.2 Å². The second-order valence-corrected chi connectivity index (χ2v) is 4.86. The Hall–Kier alpha value is -1.36. The molecular weight excluding hydrogens is 254 g/mol. The average Bonchev–Trinajstić information content (AvgIpc) is 2.31. The zero-order chi connectivity index (χ0) is 13.7. The van der Waals surface area contributed by atoms with Crippen LogP contribution < -0.4 is 5.32 Å². The van der Waals surface area contributed by atoms with E-state index in [-0.39, 0.29) is 11.3 Å². The average molecular weight is 272 g/mol. The fourth-order valence-electron chi connectivity index (χ4n) is 1.56. The van der Waals surface area contributed by atoms with Crippen LogP contribution in [0, 0.1) is 12.8 Å². The molecule has 0 radical (unpaired) electrons. The number of halogens is 1. The minimum Gasteiger partial charge on any atom is -0.467 e. The first-order chi connectivity index (χ1) is 8.43. The third-order valence-electron chi connectivity index (χ3n) is 2.45. The first-order valence-corrected chi connectivity index (χ1v) is 6.15. The Kier molecular flexibility index (Phi) is 5.34. The zero-order valence-corrected chi connectivity index (χ0v) is 11.8. The number of methoxy groups -OCH3 is 1. The Balaban J connectivity index is 2.88. The molecule has 0 aliphatic heterocycles. The molecule has 1 aromatic rings. The molecule has 1 aromatic heterocycles. The summed E-state index contributed by atoms with van der Waals surface area (Å²) in [6, 6.07) is -0.431. The summed E-state index contributed by atoms with van der Waals surface area (Å²) in [5.74, 6) is 0.614. The van der Waals surface area contributed by atoms with Gasteiger partial charge in [0.05, 0.1) is 7.11 Å². The minimum absolute atomic E-state index is 0.149. The van der Waals surface area contributed by atoms with Crippen LogP contribution in [0.3, 0.4) is 0 Å². The van der Waals surface area contributed by atoms with Crippen LogP contribution in [0.5, 0.6) is 0 Å². The van der Waals surface area contributed by atoms with E-state index in [1.54, 1.807) is 6.20 Å². The SMILES string of the molecule is COC(=O)C(CC(C)C)Nc1nc(Cl)ncc1C. The number of rotatable bonds is 5. The lowest BCUT2D eigenvalue weighted by molar-refractivity contribution is -0.141. The van der Waals surface area contributed by atoms with E-state index in [4.69, 9.17) is 16.3 Å². The number of carbonyl (C=O) groups excluding carboxylic acids is 1. The van der Waals surface area contributed by atoms with E-state index in [1.165, 1.54) is 7.11 Å². The number of aryl methyl sites for hydroxylation is 1. The molecule has 0 bridgehead atoms. The van der Waals surface area contributed by atoms with Crippen molar-refractivity contribution in [1.82, 2.24) is 9.97 Å². The smallest absolute Gasteiger partial charge is 0.328 e. The van der Waals surface area contributed by atoms with E-state index in [0.29, 0.717) is 18.2 Å². The van der Waals surface area contributed by atoms with Crippen LogP contribution in [0.1, 0.15) is 25.8 Å². The molecule has 100 valence electrons. The van der Waals surface area contributed by atoms with Crippen LogP contribution in [0.2, 0.25) is 5.28 Å². The first kappa shape index (κ1) is 14.7. The van der Waals surface area contributed by atoms with Crippen LogP contribution in [0.4, 0.5) is 5.82 Å². The largest absolute Gasteiger partial charge is 0.467 e. The standard InChI is InChI=1S/C12H18ClN3O2/c1-7(2)5-9(11(17)18-4)15-10-8(3)6-14-12(13)16-10/h6-7,9H,5H2,1-4H3,(H,14,15,16). The van der Waals surface area contributed by atoms with Gasteiger partial charge in [0.15, 0.2) is 0 Å². The van der Waals surface area contributed by atoms with Crippen LogP contribution in [0.15, 0.2) is 6.20 Å². The van der Waals surface area contributed by atoms with Gasteiger partial charge in [-0.05, 0) is 30.9 Å². The van der Waals surface area contributed by atoms with Crippen molar-refractivity contribution < 1.29 is 9.53 Å². The van der Waals surface area contributed by atoms with Gasteiger partial charge < -0.3 is 10.1 Å². The number of carbonyl (C=O) groups is 1. The molecule has 1 heterocycles. The highest BCUT2D eigenvalue weighted by molar-refractivity contribution is 6.28. The molecule has 5 nitrogen and oxygen atoms in total. The van der Waals surface area contributed by atoms with E-state index in [0.717, 1.165) is 5.56 Å². The lowest BCUT2D eigenvalue weighted by Gasteiger charge is -2.19. The third-order valence-corrected chi connectivity index (χ3v) is 2.63. The predicted molar refractivity (Wildman–Crippen MR) is 70.7 cm³/mol. The maximum absolute atomic E-state index is 11.7. The van der Waals surface area contributed by atoms with Crippen molar-refractivity contribution in [1.29, 1.82) is 0 Å². The van der Waals surface area contributed by atoms with E-state index in [1.807, 2.05) is 20.8 Å². The first-order valence-electron chi connectivity index (χ1n) is 5.77. The molecule has 0 aliphatic rings. The quantitative estimate of drug-likeness (QED) is 0.658. The number of ether oxygens (including phenoxy) is 1. The summed E-state index contributed by atoms with van der Waals surface area (Å²) in [6.45, 7) is 5.93. The van der Waals surface area contributed by atoms with Gasteiger partial charge in [0.25, 0.3) is 0 Å². The maximum Gasteiger partial charge on any atom is 0.328 e. The van der Waals surface area contributed by atoms with Gasteiger partial charge in [-0.3, -0.25) is 0 Å². The van der Waals surface area contributed by atoms with E-state index in [9.17, 15) is 4.79 Å². The van der Waals surface area contributed by atoms with Crippen molar-refractivity contribution in [3.63, 3.8) is 0 Å². The van der Waals surface area contributed by atoms with E-state index in [2.05, 4.69) is 15.3 Å². The Morgan fingerprint density at radius 2 is 2.22 bits per heavy atom. The van der Waals surface area contributed by atoms with Gasteiger partial charge >= 0.3 is 5.97 Å². The molecule has 18 heavy (non-hydrogen) atoms. The van der Waals surface area contributed by atoms with Crippen LogP contribution in [-0.2, 0) is 9.53 Å². The summed E-state index contributed by atoms with van der Waals surface area (Å²) in [5, 5.41) is 3.21. The normalized spacial score (nSPS) is 12.3. The molecule has 6 heteroatoms. The second-order valence-electron chi connectivity index (χ2n) is 4.52. The number of nitrogens with zero attached hydrogens (tertiary/aromatic N) is 2. The number of hydrogen-bond donors (Lipinski definition) is 1. The third kappa shape index (κ3) is 4.14. The molecule has 0 amide bonds. The summed E-state index contributed by atoms with van der Waals surface area (Å²) < 4.78 is 4.78. The number of hydrogen-bond acceptors (Lipinski definition) is 5. The molecular formula is C12H18ClN3O2. The van der Waals surface area contributed by atoms with Gasteiger partial charge in [0.2, 0.25) is 5.28 Å². The van der Waals surface area contributed by atoms with Crippen molar-refractivity contribution >= 4 is 23.4 Å². The highest BCUT2D eigenvalue weighted by atomic mass is 35.5. The van der Waals surface area contributed by atoms with E-state index >= 15 is 0 Å². The number of aromatic nitrogens is 2. The molecule has 1 N–H and O–H groups in total. The van der Waals surface area contributed by atoms with Gasteiger partial charge in [-0.2, -0.15) is 0 Å². The summed E-state index contributed by atoms with van der Waals surface area (Å²) in [7, 11) is 1.37. The Bertz CT molecular complexity index is 424. The number of anilines is 1. The maximum atomic E-state index is 11.7. The van der Waals surface area contributed by atoms with Crippen LogP contribution in [-0.4, -0.2) is 29.1 Å². The van der Waals surface area contributed by atoms with Crippen molar-refractivity contribution in [3.05, 3.63) is 17.0 Å². The summed E-state index contributed by atoms with van der Waals surface area (Å²) in [6.07, 6.45) is 2.27. The summed E-state index contributed by atoms with van der Waals surface area (Å²) in [5.41, 5.74) is 0.831. The predicted octanol–water partition coefficient (Wildman–Crippen LogP) is 2.44. The second kappa shape index (κ2) is 6.54.